The van der Waals surface area contributed by atoms with Gasteiger partial charge < -0.3 is 9.73 Å². The zero-order chi connectivity index (χ0) is 13.2. The molecule has 0 fully saturated rings. The topological polar surface area (TPSA) is 42.2 Å². The van der Waals surface area contributed by atoms with E-state index in [0.29, 0.717) is 6.54 Å². The van der Waals surface area contributed by atoms with Gasteiger partial charge in [-0.15, -0.1) is 11.3 Å². The number of fused-ring (bicyclic) bond motifs is 1. The number of rotatable bonds is 3. The minimum Gasteiger partial charge on any atom is -0.467 e. The molecule has 0 saturated heterocycles. The highest BCUT2D eigenvalue weighted by molar-refractivity contribution is 7.10. The fourth-order valence-corrected chi connectivity index (χ4v) is 3.79. The predicted molar refractivity (Wildman–Crippen MR) is 75.4 cm³/mol. The number of carbonyl (C=O) groups is 1. The van der Waals surface area contributed by atoms with E-state index in [1.807, 2.05) is 17.5 Å². The molecule has 3 rings (SSSR count). The third-order valence-electron chi connectivity index (χ3n) is 3.65. The van der Waals surface area contributed by atoms with Crippen LogP contribution >= 0.6 is 11.3 Å². The van der Waals surface area contributed by atoms with E-state index in [1.54, 1.807) is 17.6 Å². The van der Waals surface area contributed by atoms with Crippen LogP contribution in [0.2, 0.25) is 0 Å². The largest absolute Gasteiger partial charge is 0.467 e. The monoisotopic (exact) mass is 275 g/mol. The Morgan fingerprint density at radius 1 is 1.58 bits per heavy atom. The molecule has 4 heteroatoms. The number of carbonyl (C=O) groups excluding carboxylic acids is 1. The Morgan fingerprint density at radius 2 is 2.47 bits per heavy atom. The summed E-state index contributed by atoms with van der Waals surface area (Å²) in [5, 5.41) is 4.92. The maximum absolute atomic E-state index is 12.2. The Labute approximate surface area is 116 Å². The van der Waals surface area contributed by atoms with Crippen molar-refractivity contribution in [3.05, 3.63) is 45.5 Å². The summed E-state index contributed by atoms with van der Waals surface area (Å²) in [7, 11) is 0. The van der Waals surface area contributed by atoms with Crippen molar-refractivity contribution in [2.75, 3.05) is 0 Å². The summed E-state index contributed by atoms with van der Waals surface area (Å²) < 4.78 is 5.22. The van der Waals surface area contributed by atoms with Crippen LogP contribution in [0, 0.1) is 5.92 Å². The molecule has 3 nitrogen and oxygen atoms in total. The van der Waals surface area contributed by atoms with E-state index >= 15 is 0 Å². The number of nitrogens with one attached hydrogen (secondary N) is 1. The molecule has 2 aromatic heterocycles. The maximum Gasteiger partial charge on any atom is 0.252 e. The van der Waals surface area contributed by atoms with Crippen molar-refractivity contribution in [2.45, 2.75) is 32.7 Å². The molecule has 2 heterocycles. The second-order valence-electron chi connectivity index (χ2n) is 5.16. The first-order valence-corrected chi connectivity index (χ1v) is 7.52. The van der Waals surface area contributed by atoms with E-state index < -0.39 is 0 Å². The van der Waals surface area contributed by atoms with E-state index in [4.69, 9.17) is 4.42 Å². The molecule has 0 aliphatic heterocycles. The molecule has 0 aromatic carbocycles. The lowest BCUT2D eigenvalue weighted by molar-refractivity contribution is 0.0947. The molecule has 0 saturated carbocycles. The fraction of sp³-hybridized carbons (Fsp3) is 0.400. The van der Waals surface area contributed by atoms with Gasteiger partial charge in [0.1, 0.15) is 5.76 Å². The van der Waals surface area contributed by atoms with Crippen LogP contribution in [0.5, 0.6) is 0 Å². The SMILES string of the molecule is C[C@H]1CCc2c(C(=O)NCc3ccco3)csc2C1. The van der Waals surface area contributed by atoms with Gasteiger partial charge >= 0.3 is 0 Å². The second kappa shape index (κ2) is 5.21. The van der Waals surface area contributed by atoms with Crippen LogP contribution in [0.4, 0.5) is 0 Å². The molecule has 1 aliphatic carbocycles. The van der Waals surface area contributed by atoms with Crippen LogP contribution in [-0.2, 0) is 19.4 Å². The molecule has 0 spiro atoms. The third kappa shape index (κ3) is 2.59. The van der Waals surface area contributed by atoms with Crippen molar-refractivity contribution < 1.29 is 9.21 Å². The summed E-state index contributed by atoms with van der Waals surface area (Å²) >= 11 is 1.72. The molecule has 0 radical (unpaired) electrons. The van der Waals surface area contributed by atoms with Gasteiger partial charge in [0.05, 0.1) is 18.4 Å². The lowest BCUT2D eigenvalue weighted by Crippen LogP contribution is -2.24. The Hall–Kier alpha value is -1.55. The van der Waals surface area contributed by atoms with Crippen LogP contribution in [0.15, 0.2) is 28.2 Å². The van der Waals surface area contributed by atoms with E-state index in [-0.39, 0.29) is 5.91 Å². The minimum atomic E-state index is 0.0171. The zero-order valence-electron chi connectivity index (χ0n) is 10.9. The van der Waals surface area contributed by atoms with E-state index in [9.17, 15) is 4.79 Å². The Bertz CT molecular complexity index is 571. The molecule has 2 aromatic rings. The van der Waals surface area contributed by atoms with Crippen LogP contribution in [0.1, 0.15) is 39.9 Å². The zero-order valence-corrected chi connectivity index (χ0v) is 11.8. The average Bonchev–Trinajstić information content (AvgIpc) is 3.04. The number of thiophene rings is 1. The van der Waals surface area contributed by atoms with Gasteiger partial charge in [0.25, 0.3) is 5.91 Å². The summed E-state index contributed by atoms with van der Waals surface area (Å²) in [6.07, 6.45) is 4.95. The second-order valence-corrected chi connectivity index (χ2v) is 6.13. The van der Waals surface area contributed by atoms with Gasteiger partial charge in [-0.2, -0.15) is 0 Å². The molecule has 0 bridgehead atoms. The molecule has 1 N–H and O–H groups in total. The predicted octanol–water partition coefficient (Wildman–Crippen LogP) is 3.40. The van der Waals surface area contributed by atoms with Crippen LogP contribution in [-0.4, -0.2) is 5.91 Å². The fourth-order valence-electron chi connectivity index (χ4n) is 2.54. The number of amides is 1. The standard InChI is InChI=1S/C15H17NO2S/c1-10-4-5-12-13(9-19-14(12)7-10)15(17)16-8-11-3-2-6-18-11/h2-3,6,9-10H,4-5,7-8H2,1H3,(H,16,17)/t10-/m0/s1. The van der Waals surface area contributed by atoms with Crippen molar-refractivity contribution >= 4 is 17.2 Å². The van der Waals surface area contributed by atoms with Gasteiger partial charge in [0.15, 0.2) is 0 Å². The van der Waals surface area contributed by atoms with Crippen molar-refractivity contribution in [1.82, 2.24) is 5.32 Å². The molecular formula is C15H17NO2S. The Kier molecular flexibility index (Phi) is 3.42. The summed E-state index contributed by atoms with van der Waals surface area (Å²) in [5.41, 5.74) is 2.12. The van der Waals surface area contributed by atoms with E-state index in [1.165, 1.54) is 16.9 Å². The molecule has 0 unspecified atom stereocenters. The lowest BCUT2D eigenvalue weighted by Gasteiger charge is -2.18. The first kappa shape index (κ1) is 12.5. The lowest BCUT2D eigenvalue weighted by atomic mass is 9.88. The van der Waals surface area contributed by atoms with Gasteiger partial charge in [-0.3, -0.25) is 4.79 Å². The number of furan rings is 1. The summed E-state index contributed by atoms with van der Waals surface area (Å²) in [5.74, 6) is 1.54. The Balaban J connectivity index is 1.70. The summed E-state index contributed by atoms with van der Waals surface area (Å²) in [6.45, 7) is 2.73. The maximum atomic E-state index is 12.2. The number of hydrogen-bond acceptors (Lipinski definition) is 3. The molecule has 1 aliphatic rings. The quantitative estimate of drug-likeness (QED) is 0.933. The molecule has 100 valence electrons. The third-order valence-corrected chi connectivity index (χ3v) is 4.70. The van der Waals surface area contributed by atoms with Crippen LogP contribution < -0.4 is 5.32 Å². The summed E-state index contributed by atoms with van der Waals surface area (Å²) in [4.78, 5) is 13.6. The Morgan fingerprint density at radius 3 is 3.26 bits per heavy atom. The van der Waals surface area contributed by atoms with Crippen LogP contribution in [0.25, 0.3) is 0 Å². The van der Waals surface area contributed by atoms with Crippen LogP contribution in [0.3, 0.4) is 0 Å². The molecule has 1 atom stereocenters. The highest BCUT2D eigenvalue weighted by Gasteiger charge is 2.23. The molecule has 1 amide bonds. The van der Waals surface area contributed by atoms with Crippen molar-refractivity contribution in [2.24, 2.45) is 5.92 Å². The average molecular weight is 275 g/mol. The van der Waals surface area contributed by atoms with Gasteiger partial charge in [0.2, 0.25) is 0 Å². The van der Waals surface area contributed by atoms with Crippen molar-refractivity contribution in [1.29, 1.82) is 0 Å². The van der Waals surface area contributed by atoms with Crippen molar-refractivity contribution in [3.63, 3.8) is 0 Å². The highest BCUT2D eigenvalue weighted by Crippen LogP contribution is 2.32. The first-order chi connectivity index (χ1) is 9.24. The molecular weight excluding hydrogens is 258 g/mol. The first-order valence-electron chi connectivity index (χ1n) is 6.64. The number of hydrogen-bond donors (Lipinski definition) is 1. The van der Waals surface area contributed by atoms with E-state index in [2.05, 4.69) is 12.2 Å². The van der Waals surface area contributed by atoms with Gasteiger partial charge in [-0.1, -0.05) is 6.92 Å². The van der Waals surface area contributed by atoms with Gasteiger partial charge in [0, 0.05) is 10.3 Å². The molecule has 19 heavy (non-hydrogen) atoms. The van der Waals surface area contributed by atoms with Gasteiger partial charge in [-0.25, -0.2) is 0 Å². The summed E-state index contributed by atoms with van der Waals surface area (Å²) in [6, 6.07) is 3.69. The van der Waals surface area contributed by atoms with Gasteiger partial charge in [-0.05, 0) is 42.9 Å². The van der Waals surface area contributed by atoms with E-state index in [0.717, 1.165) is 30.1 Å². The highest BCUT2D eigenvalue weighted by atomic mass is 32.1. The minimum absolute atomic E-state index is 0.0171. The normalized spacial score (nSPS) is 18.1. The van der Waals surface area contributed by atoms with Crippen molar-refractivity contribution in [3.8, 4) is 0 Å². The smallest absolute Gasteiger partial charge is 0.252 e.